The highest BCUT2D eigenvalue weighted by Gasteiger charge is 2.10. The number of rotatable bonds is 0. The maximum absolute atomic E-state index is 6.04. The van der Waals surface area contributed by atoms with E-state index in [4.69, 9.17) is 11.6 Å². The van der Waals surface area contributed by atoms with Gasteiger partial charge in [-0.25, -0.2) is 9.97 Å². The molecule has 16 heavy (non-hydrogen) atoms. The van der Waals surface area contributed by atoms with Crippen molar-refractivity contribution in [2.75, 3.05) is 0 Å². The van der Waals surface area contributed by atoms with Crippen molar-refractivity contribution in [3.63, 3.8) is 0 Å². The van der Waals surface area contributed by atoms with Crippen molar-refractivity contribution in [2.45, 2.75) is 6.92 Å². The van der Waals surface area contributed by atoms with Gasteiger partial charge in [-0.15, -0.1) is 5.10 Å². The van der Waals surface area contributed by atoms with Gasteiger partial charge >= 0.3 is 0 Å². The Morgan fingerprint density at radius 2 is 2.12 bits per heavy atom. The predicted molar refractivity (Wildman–Crippen MR) is 65.7 cm³/mol. The van der Waals surface area contributed by atoms with Crippen molar-refractivity contribution in [3.05, 3.63) is 33.8 Å². The lowest BCUT2D eigenvalue weighted by Crippen LogP contribution is -1.94. The molecule has 0 atom stereocenters. The van der Waals surface area contributed by atoms with Crippen LogP contribution < -0.4 is 0 Å². The summed E-state index contributed by atoms with van der Waals surface area (Å²) >= 11 is 9.44. The van der Waals surface area contributed by atoms with E-state index in [0.29, 0.717) is 11.1 Å². The molecule has 0 radical (unpaired) electrons. The molecule has 0 amide bonds. The first kappa shape index (κ1) is 9.99. The van der Waals surface area contributed by atoms with E-state index in [2.05, 4.69) is 31.0 Å². The maximum Gasteiger partial charge on any atom is 0.226 e. The Kier molecular flexibility index (Phi) is 2.12. The Bertz CT molecular complexity index is 707. The van der Waals surface area contributed by atoms with E-state index in [9.17, 15) is 0 Å². The standard InChI is InChI=1S/C10H6BrClN4/c1-5-13-9-7-3-2-6(11)4-8(7)14-10(12)16(9)15-5/h2-4H,1H3. The third-order valence-corrected chi connectivity index (χ3v) is 3.04. The highest BCUT2D eigenvalue weighted by molar-refractivity contribution is 9.10. The van der Waals surface area contributed by atoms with E-state index in [1.807, 2.05) is 25.1 Å². The minimum atomic E-state index is 0.321. The Morgan fingerprint density at radius 1 is 1.31 bits per heavy atom. The molecule has 0 aliphatic carbocycles. The molecule has 6 heteroatoms. The Balaban J connectivity index is 2.57. The lowest BCUT2D eigenvalue weighted by Gasteiger charge is -2.01. The first-order valence-electron chi connectivity index (χ1n) is 4.63. The highest BCUT2D eigenvalue weighted by atomic mass is 79.9. The van der Waals surface area contributed by atoms with E-state index in [-0.39, 0.29) is 0 Å². The summed E-state index contributed by atoms with van der Waals surface area (Å²) in [6, 6.07) is 5.80. The predicted octanol–water partition coefficient (Wildman–Crippen LogP) is 3.00. The topological polar surface area (TPSA) is 43.1 Å². The van der Waals surface area contributed by atoms with Gasteiger partial charge in [0.15, 0.2) is 5.65 Å². The number of nitrogens with zero attached hydrogens (tertiary/aromatic N) is 4. The minimum Gasteiger partial charge on any atom is -0.218 e. The van der Waals surface area contributed by atoms with Crippen LogP contribution in [0.3, 0.4) is 0 Å². The molecule has 0 saturated carbocycles. The molecule has 2 heterocycles. The molecule has 2 aromatic heterocycles. The minimum absolute atomic E-state index is 0.321. The summed E-state index contributed by atoms with van der Waals surface area (Å²) in [5.74, 6) is 0.680. The van der Waals surface area contributed by atoms with Crippen LogP contribution in [0.1, 0.15) is 5.82 Å². The quantitative estimate of drug-likeness (QED) is 0.599. The monoisotopic (exact) mass is 296 g/mol. The van der Waals surface area contributed by atoms with E-state index in [0.717, 1.165) is 21.0 Å². The number of halogens is 2. The van der Waals surface area contributed by atoms with Gasteiger partial charge in [0.2, 0.25) is 5.28 Å². The van der Waals surface area contributed by atoms with Crippen LogP contribution in [0.5, 0.6) is 0 Å². The molecule has 0 bridgehead atoms. The lowest BCUT2D eigenvalue weighted by molar-refractivity contribution is 0.909. The molecule has 0 spiro atoms. The van der Waals surface area contributed by atoms with Gasteiger partial charge in [0.1, 0.15) is 5.82 Å². The van der Waals surface area contributed by atoms with Crippen molar-refractivity contribution in [2.24, 2.45) is 0 Å². The smallest absolute Gasteiger partial charge is 0.218 e. The van der Waals surface area contributed by atoms with Crippen LogP contribution in [0.2, 0.25) is 5.28 Å². The molecule has 3 rings (SSSR count). The number of aryl methyl sites for hydroxylation is 1. The average molecular weight is 298 g/mol. The van der Waals surface area contributed by atoms with Crippen LogP contribution in [0.15, 0.2) is 22.7 Å². The van der Waals surface area contributed by atoms with Crippen LogP contribution in [0.25, 0.3) is 16.6 Å². The SMILES string of the molecule is Cc1nc2c3ccc(Br)cc3nc(Cl)n2n1. The fraction of sp³-hybridized carbons (Fsp3) is 0.100. The zero-order chi connectivity index (χ0) is 11.3. The average Bonchev–Trinajstić information content (AvgIpc) is 2.60. The zero-order valence-electron chi connectivity index (χ0n) is 8.28. The molecule has 0 N–H and O–H groups in total. The summed E-state index contributed by atoms with van der Waals surface area (Å²) in [7, 11) is 0. The number of fused-ring (bicyclic) bond motifs is 3. The number of hydrogen-bond donors (Lipinski definition) is 0. The van der Waals surface area contributed by atoms with Crippen LogP contribution in [0, 0.1) is 6.92 Å². The molecule has 0 unspecified atom stereocenters. The lowest BCUT2D eigenvalue weighted by atomic mass is 10.2. The molecule has 0 saturated heterocycles. The Morgan fingerprint density at radius 3 is 2.94 bits per heavy atom. The molecule has 1 aromatic carbocycles. The van der Waals surface area contributed by atoms with Gasteiger partial charge in [0, 0.05) is 9.86 Å². The molecular weight excluding hydrogens is 291 g/mol. The van der Waals surface area contributed by atoms with Gasteiger partial charge in [0.05, 0.1) is 5.52 Å². The van der Waals surface area contributed by atoms with Gasteiger partial charge in [-0.3, -0.25) is 0 Å². The second-order valence-corrected chi connectivity index (χ2v) is 4.69. The normalized spacial score (nSPS) is 11.4. The largest absolute Gasteiger partial charge is 0.226 e. The fourth-order valence-corrected chi connectivity index (χ4v) is 2.21. The second-order valence-electron chi connectivity index (χ2n) is 3.44. The summed E-state index contributed by atoms with van der Waals surface area (Å²) in [4.78, 5) is 8.62. The van der Waals surface area contributed by atoms with Crippen molar-refractivity contribution in [1.82, 2.24) is 19.6 Å². The maximum atomic E-state index is 6.04. The van der Waals surface area contributed by atoms with Gasteiger partial charge in [-0.2, -0.15) is 4.52 Å². The van der Waals surface area contributed by atoms with Crippen molar-refractivity contribution in [3.8, 4) is 0 Å². The zero-order valence-corrected chi connectivity index (χ0v) is 10.6. The molecular formula is C10H6BrClN4. The van der Waals surface area contributed by atoms with Crippen molar-refractivity contribution < 1.29 is 0 Å². The number of aromatic nitrogens is 4. The van der Waals surface area contributed by atoms with Crippen LogP contribution >= 0.6 is 27.5 Å². The van der Waals surface area contributed by atoms with Gasteiger partial charge < -0.3 is 0 Å². The molecule has 3 aromatic rings. The van der Waals surface area contributed by atoms with Gasteiger partial charge in [-0.05, 0) is 36.7 Å². The molecule has 0 aliphatic heterocycles. The second kappa shape index (κ2) is 3.40. The van der Waals surface area contributed by atoms with E-state index in [1.165, 1.54) is 0 Å². The fourth-order valence-electron chi connectivity index (χ4n) is 1.65. The van der Waals surface area contributed by atoms with Crippen molar-refractivity contribution in [1.29, 1.82) is 0 Å². The molecule has 4 nitrogen and oxygen atoms in total. The summed E-state index contributed by atoms with van der Waals surface area (Å²) < 4.78 is 2.51. The van der Waals surface area contributed by atoms with E-state index in [1.54, 1.807) is 4.52 Å². The summed E-state index contributed by atoms with van der Waals surface area (Å²) in [5.41, 5.74) is 1.54. The third-order valence-electron chi connectivity index (χ3n) is 2.30. The first-order valence-corrected chi connectivity index (χ1v) is 5.80. The van der Waals surface area contributed by atoms with Gasteiger partial charge in [-0.1, -0.05) is 15.9 Å². The van der Waals surface area contributed by atoms with E-state index < -0.39 is 0 Å². The Hall–Kier alpha value is -1.20. The summed E-state index contributed by atoms with van der Waals surface area (Å²) in [5, 5.41) is 5.44. The number of hydrogen-bond acceptors (Lipinski definition) is 3. The highest BCUT2D eigenvalue weighted by Crippen LogP contribution is 2.23. The molecule has 80 valence electrons. The molecule has 0 fully saturated rings. The van der Waals surface area contributed by atoms with Gasteiger partial charge in [0.25, 0.3) is 0 Å². The Labute approximate surface area is 104 Å². The van der Waals surface area contributed by atoms with Crippen LogP contribution in [0.4, 0.5) is 0 Å². The number of benzene rings is 1. The van der Waals surface area contributed by atoms with E-state index >= 15 is 0 Å². The summed E-state index contributed by atoms with van der Waals surface area (Å²) in [6.45, 7) is 1.83. The van der Waals surface area contributed by atoms with Crippen molar-refractivity contribution >= 4 is 44.1 Å². The molecule has 0 aliphatic rings. The third kappa shape index (κ3) is 1.39. The van der Waals surface area contributed by atoms with Crippen LogP contribution in [-0.2, 0) is 0 Å². The summed E-state index contributed by atoms with van der Waals surface area (Å²) in [6.07, 6.45) is 0. The van der Waals surface area contributed by atoms with Crippen LogP contribution in [-0.4, -0.2) is 19.6 Å². The first-order chi connectivity index (χ1) is 7.65.